The highest BCUT2D eigenvalue weighted by Crippen LogP contribution is 2.30. The lowest BCUT2D eigenvalue weighted by molar-refractivity contribution is -0.385. The van der Waals surface area contributed by atoms with Crippen molar-refractivity contribution in [1.82, 2.24) is 16.0 Å². The summed E-state index contributed by atoms with van der Waals surface area (Å²) in [7, 11) is -1.66. The summed E-state index contributed by atoms with van der Waals surface area (Å²) in [6.07, 6.45) is 0.715. The molecule has 9 aromatic rings. The number of nitrogens with two attached hydrogens (primary N) is 1. The molecule has 3 heterocycles. The van der Waals surface area contributed by atoms with Gasteiger partial charge >= 0.3 is 25.0 Å². The smallest absolute Gasteiger partial charge is 0.477 e. The highest BCUT2D eigenvalue weighted by Gasteiger charge is 2.29. The van der Waals surface area contributed by atoms with Crippen LogP contribution in [0.4, 0.5) is 78.0 Å². The fourth-order valence-electron chi connectivity index (χ4n) is 10.4. The molecule has 0 saturated carbocycles. The molecule has 2 saturated heterocycles. The summed E-state index contributed by atoms with van der Waals surface area (Å²) in [5.41, 5.74) is 17.8. The first-order chi connectivity index (χ1) is 56.1. The molecule has 28 nitrogen and oxygen atoms in total. The van der Waals surface area contributed by atoms with Gasteiger partial charge < -0.3 is 56.7 Å². The molecule has 0 radical (unpaired) electrons. The number of rotatable bonds is 13. The maximum Gasteiger partial charge on any atom is 0.487 e. The van der Waals surface area contributed by atoms with Crippen molar-refractivity contribution in [3.63, 3.8) is 0 Å². The fourth-order valence-corrected chi connectivity index (χ4v) is 10.7. The largest absolute Gasteiger partial charge is 0.487 e. The number of amidine groups is 1. The van der Waals surface area contributed by atoms with Gasteiger partial charge in [0, 0.05) is 94.6 Å². The molecule has 40 heteroatoms. The van der Waals surface area contributed by atoms with E-state index in [0.717, 1.165) is 129 Å². The van der Waals surface area contributed by atoms with Gasteiger partial charge in [0.1, 0.15) is 91.9 Å². The average molecular weight is 1750 g/mol. The van der Waals surface area contributed by atoms with Crippen molar-refractivity contribution < 1.29 is 105 Å². The molecule has 120 heavy (non-hydrogen) atoms. The van der Waals surface area contributed by atoms with E-state index in [-0.39, 0.29) is 47.0 Å². The van der Waals surface area contributed by atoms with Crippen LogP contribution in [0.3, 0.4) is 0 Å². The minimum atomic E-state index is -1.66. The monoisotopic (exact) mass is 1750 g/mol. The van der Waals surface area contributed by atoms with Gasteiger partial charge in [-0.1, -0.05) is 51.8 Å². The third-order valence-corrected chi connectivity index (χ3v) is 16.2. The van der Waals surface area contributed by atoms with E-state index in [9.17, 15) is 88.6 Å². The van der Waals surface area contributed by atoms with E-state index in [1.54, 1.807) is 47.6 Å². The standard InChI is InChI=1S/C15H12F2N2.C15H21N3O4.C14H8F3N.C11H12FNO4.C7H5BFNO2.C7H5BrF2.C7H4FNO4.C4H10N2.H2N2.H2O.H2/c16-12-4-10(5-13(17)7-12)3-9-1-2-11-8-19-15(18)14(11)6-9;1-15(2,3)22-14(19)12-5-4-11(10-13(12)18(20)21)17-8-6-16-7-9-17;1-18-14-7-9(2-3-13(14)17)4-10-5-11(15)8-12(16)6-10;1-11(2,3)17-10(14)8-5-4-7(12)6-9(8)13(15)16;1-10-7-4-5(8(11)12)2-3-6(7)9;8-4-5-1-6(9)3-7(10)2-5;8-4-1-2-5(7(10)11)6(3-4)9(12)13;1-2-6-4-3-5-1;1-2;;/h1-2,4-7H,3,8H2,(H2,18,19);4-5,10,16H,6-9H2,1-3H3;2-3,5-8H,4H2;4-6H,1-3H3;2-4,11-12H;1-3H,4H2;1-3H,(H,10,11);5-6H,1-4H2;1-2H;1H2;1H. The Hall–Kier alpha value is -13.0. The summed E-state index contributed by atoms with van der Waals surface area (Å²) in [5, 5.41) is 68.2. The summed E-state index contributed by atoms with van der Waals surface area (Å²) >= 11 is 3.09. The number of halogens is 11. The Kier molecular flexibility index (Phi) is 41.6. The van der Waals surface area contributed by atoms with Crippen molar-refractivity contribution in [3.05, 3.63) is 331 Å². The maximum atomic E-state index is 13.1. The lowest BCUT2D eigenvalue weighted by Gasteiger charge is -2.29. The maximum absolute atomic E-state index is 13.1. The normalized spacial score (nSPS) is 12.0. The van der Waals surface area contributed by atoms with E-state index in [1.807, 2.05) is 18.2 Å². The number of hydrogen-bond acceptors (Lipinski definition) is 21. The second-order valence-electron chi connectivity index (χ2n) is 26.9. The molecule has 3 aliphatic rings. The number of esters is 2. The number of carbonyl (C=O) groups is 3. The molecular formula is C80H83BBrF10N13O15. The number of nitro benzene ring substituents is 3. The van der Waals surface area contributed by atoms with Crippen LogP contribution in [0.2, 0.25) is 0 Å². The minimum absolute atomic E-state index is 0. The Morgan fingerprint density at radius 1 is 0.525 bits per heavy atom. The number of carbonyl (C=O) groups excluding carboxylic acids is 2. The van der Waals surface area contributed by atoms with Crippen LogP contribution in [-0.2, 0) is 34.2 Å². The Labute approximate surface area is 691 Å². The molecule has 638 valence electrons. The highest BCUT2D eigenvalue weighted by atomic mass is 79.9. The third-order valence-electron chi connectivity index (χ3n) is 15.5. The van der Waals surface area contributed by atoms with Crippen LogP contribution in [0.15, 0.2) is 169 Å². The summed E-state index contributed by atoms with van der Waals surface area (Å²) in [6.45, 7) is 31.8. The van der Waals surface area contributed by atoms with Crippen molar-refractivity contribution >= 4 is 86.4 Å². The van der Waals surface area contributed by atoms with Crippen LogP contribution < -0.4 is 32.0 Å². The Bertz CT molecular complexity index is 5100. The van der Waals surface area contributed by atoms with E-state index in [0.29, 0.717) is 58.5 Å². The van der Waals surface area contributed by atoms with Crippen molar-refractivity contribution in [1.29, 1.82) is 11.1 Å². The number of anilines is 1. The summed E-state index contributed by atoms with van der Waals surface area (Å²) in [6, 6.07) is 33.1. The summed E-state index contributed by atoms with van der Waals surface area (Å²) in [4.78, 5) is 76.2. The molecule has 0 bridgehead atoms. The van der Waals surface area contributed by atoms with Crippen LogP contribution in [0, 0.1) is 113 Å². The number of nitro groups is 3. The third kappa shape index (κ3) is 35.1. The first-order valence-electron chi connectivity index (χ1n) is 35.1. The lowest BCUT2D eigenvalue weighted by Crippen LogP contribution is -2.43. The van der Waals surface area contributed by atoms with Crippen molar-refractivity contribution in [2.45, 2.75) is 77.5 Å². The van der Waals surface area contributed by atoms with Crippen LogP contribution in [0.25, 0.3) is 9.69 Å². The number of carboxylic acids is 1. The van der Waals surface area contributed by atoms with E-state index in [2.05, 4.69) is 51.5 Å². The lowest BCUT2D eigenvalue weighted by atomic mass is 9.80. The van der Waals surface area contributed by atoms with Gasteiger partial charge in [-0.3, -0.25) is 35.3 Å². The van der Waals surface area contributed by atoms with Gasteiger partial charge in [-0.25, -0.2) is 79.0 Å². The van der Waals surface area contributed by atoms with E-state index < -0.39 is 126 Å². The van der Waals surface area contributed by atoms with Gasteiger partial charge in [-0.2, -0.15) is 0 Å². The molecular weight excluding hydrogens is 1660 g/mol. The van der Waals surface area contributed by atoms with E-state index in [4.69, 9.17) is 54.6 Å². The molecule has 3 aliphatic heterocycles. The number of alkyl halides is 1. The van der Waals surface area contributed by atoms with Gasteiger partial charge in [0.15, 0.2) is 0 Å². The molecule has 2 fully saturated rings. The predicted molar refractivity (Wildman–Crippen MR) is 432 cm³/mol. The Morgan fingerprint density at radius 2 is 0.900 bits per heavy atom. The number of aromatic carboxylic acids is 1. The topological polar surface area (TPSA) is 425 Å². The molecule has 12 rings (SSSR count). The SMILES string of the molecule is C1CNCCN1.CC(C)(C)OC(=O)c1ccc(F)cc1[N+](=O)[O-].CC(C)(C)OC(=O)c1ccc(N2CCNCC2)cc1[N+](=O)[O-].Fc1cc(F)cc(CBr)c1.N=N.NC1=NCc2ccc(Cc3cc(F)cc(F)c3)cc21.O.O=C(O)c1ccc(F)cc1[N+](=O)[O-].[C-]#[N+]c1cc(B(O)O)ccc1F.[C-]#[N+]c1cc(Cc2cc(F)cc(F)c2)ccc1F.[HH]. The number of nitrogens with zero attached hydrogens (tertiary/aromatic N) is 7. The Balaban J connectivity index is 0.000000475. The van der Waals surface area contributed by atoms with E-state index in [1.165, 1.54) is 72.8 Å². The van der Waals surface area contributed by atoms with Gasteiger partial charge in [0.05, 0.1) is 46.6 Å². The second-order valence-corrected chi connectivity index (χ2v) is 27.5. The molecule has 9 aromatic carbocycles. The van der Waals surface area contributed by atoms with E-state index >= 15 is 0 Å². The number of nitrogens with one attached hydrogen (secondary N) is 5. The molecule has 0 atom stereocenters. The number of piperazine rings is 2. The van der Waals surface area contributed by atoms with Gasteiger partial charge in [-0.15, -0.1) is 0 Å². The van der Waals surface area contributed by atoms with Gasteiger partial charge in [-0.05, 0) is 185 Å². The number of hydrogen-bond donors (Lipinski definition) is 9. The van der Waals surface area contributed by atoms with Gasteiger partial charge in [0.25, 0.3) is 17.1 Å². The second kappa shape index (κ2) is 49.3. The number of fused-ring (bicyclic) bond motifs is 1. The number of benzene rings is 9. The average Bonchev–Trinajstić information content (AvgIpc) is 1.79. The van der Waals surface area contributed by atoms with Crippen LogP contribution in [0.5, 0.6) is 0 Å². The molecule has 12 N–H and O–H groups in total. The van der Waals surface area contributed by atoms with Crippen LogP contribution in [0.1, 0.15) is 113 Å². The van der Waals surface area contributed by atoms with Crippen LogP contribution >= 0.6 is 15.9 Å². The van der Waals surface area contributed by atoms with Gasteiger partial charge in [0.2, 0.25) is 11.4 Å². The molecule has 0 amide bonds. The zero-order valence-corrected chi connectivity index (χ0v) is 66.4. The Morgan fingerprint density at radius 3 is 1.30 bits per heavy atom. The highest BCUT2D eigenvalue weighted by molar-refractivity contribution is 9.08. The zero-order chi connectivity index (χ0) is 89.0. The molecule has 0 unspecified atom stereocenters. The molecule has 0 spiro atoms. The van der Waals surface area contributed by atoms with Crippen molar-refractivity contribution in [2.75, 3.05) is 57.3 Å². The number of ether oxygens (including phenoxy) is 2. The summed E-state index contributed by atoms with van der Waals surface area (Å²) < 4.78 is 138. The first-order valence-corrected chi connectivity index (χ1v) is 36.2. The molecule has 0 aliphatic carbocycles. The molecule has 0 aromatic heterocycles. The van der Waals surface area contributed by atoms with Crippen LogP contribution in [-0.4, -0.2) is 130 Å². The van der Waals surface area contributed by atoms with Crippen molar-refractivity contribution in [2.24, 2.45) is 10.7 Å². The number of carboxylic acid groups (broad SMARTS) is 1. The first kappa shape index (κ1) is 101. The zero-order valence-electron chi connectivity index (χ0n) is 64.8. The summed E-state index contributed by atoms with van der Waals surface area (Å²) in [5.74, 6) is -8.80. The number of aliphatic imine (C=N–C) groups is 1. The van der Waals surface area contributed by atoms with Crippen molar-refractivity contribution in [3.8, 4) is 0 Å². The minimum Gasteiger partial charge on any atom is -0.477 e. The predicted octanol–water partition coefficient (Wildman–Crippen LogP) is 15.2. The quantitative estimate of drug-likeness (QED) is 0.00756. The fraction of sp³-hybridized carbons (Fsp3) is 0.250.